The molecule has 1 heterocycles. The summed E-state index contributed by atoms with van der Waals surface area (Å²) in [7, 11) is 2.63. The number of halogens is 1. The number of carbonyl (C=O) groups excluding carboxylic acids is 2. The molecule has 1 aliphatic rings. The number of carbonyl (C=O) groups is 2. The topological polar surface area (TPSA) is 65.1 Å². The fraction of sp³-hybridized carbons (Fsp3) is 0.250. The van der Waals surface area contributed by atoms with Gasteiger partial charge in [-0.3, -0.25) is 0 Å². The first kappa shape index (κ1) is 22.4. The summed E-state index contributed by atoms with van der Waals surface area (Å²) in [5, 5.41) is 0.633. The zero-order chi connectivity index (χ0) is 22.4. The van der Waals surface area contributed by atoms with Crippen LogP contribution in [0.4, 0.5) is 0 Å². The van der Waals surface area contributed by atoms with E-state index in [0.29, 0.717) is 35.1 Å². The molecule has 162 valence electrons. The number of hydrogen-bond donors (Lipinski definition) is 0. The molecule has 0 aliphatic carbocycles. The van der Waals surface area contributed by atoms with Crippen LogP contribution in [0.2, 0.25) is 5.02 Å². The molecule has 0 bridgehead atoms. The average Bonchev–Trinajstić information content (AvgIpc) is 2.79. The lowest BCUT2D eigenvalue weighted by Crippen LogP contribution is -2.28. The number of benzene rings is 2. The van der Waals surface area contributed by atoms with Gasteiger partial charge in [0.2, 0.25) is 0 Å². The van der Waals surface area contributed by atoms with Gasteiger partial charge in [-0.2, -0.15) is 0 Å². The van der Waals surface area contributed by atoms with E-state index in [-0.39, 0.29) is 0 Å². The Morgan fingerprint density at radius 2 is 1.58 bits per heavy atom. The quantitative estimate of drug-likeness (QED) is 0.591. The highest BCUT2D eigenvalue weighted by molar-refractivity contribution is 6.30. The number of rotatable bonds is 7. The van der Waals surface area contributed by atoms with Crippen molar-refractivity contribution in [1.29, 1.82) is 0 Å². The van der Waals surface area contributed by atoms with Crippen molar-refractivity contribution < 1.29 is 23.8 Å². The predicted octanol–water partition coefficient (Wildman–Crippen LogP) is 4.45. The first-order chi connectivity index (χ1) is 15.0. The van der Waals surface area contributed by atoms with Crippen molar-refractivity contribution >= 4 is 23.5 Å². The van der Waals surface area contributed by atoms with Gasteiger partial charge in [-0.25, -0.2) is 9.59 Å². The van der Waals surface area contributed by atoms with Crippen LogP contribution >= 0.6 is 11.6 Å². The summed E-state index contributed by atoms with van der Waals surface area (Å²) in [5.74, 6) is -1.05. The van der Waals surface area contributed by atoms with Gasteiger partial charge in [0, 0.05) is 24.0 Å². The van der Waals surface area contributed by atoms with Crippen LogP contribution in [0.15, 0.2) is 72.1 Å². The zero-order valence-corrected chi connectivity index (χ0v) is 18.4. The number of esters is 2. The van der Waals surface area contributed by atoms with E-state index >= 15 is 0 Å². The van der Waals surface area contributed by atoms with Gasteiger partial charge < -0.3 is 19.1 Å². The van der Waals surface area contributed by atoms with Crippen LogP contribution < -0.4 is 4.74 Å². The highest BCUT2D eigenvalue weighted by Gasteiger charge is 2.35. The second kappa shape index (κ2) is 10.2. The maximum absolute atomic E-state index is 12.7. The fourth-order valence-corrected chi connectivity index (χ4v) is 3.62. The van der Waals surface area contributed by atoms with E-state index in [4.69, 9.17) is 25.8 Å². The van der Waals surface area contributed by atoms with E-state index in [2.05, 4.69) is 0 Å². The van der Waals surface area contributed by atoms with Gasteiger partial charge in [-0.1, -0.05) is 35.9 Å². The molecule has 2 aromatic rings. The molecule has 2 aromatic carbocycles. The van der Waals surface area contributed by atoms with Gasteiger partial charge in [0.15, 0.2) is 0 Å². The predicted molar refractivity (Wildman–Crippen MR) is 118 cm³/mol. The molecule has 0 radical (unpaired) electrons. The minimum Gasteiger partial charge on any atom is -0.494 e. The molecule has 0 saturated carbocycles. The van der Waals surface area contributed by atoms with Crippen LogP contribution in [0, 0.1) is 0 Å². The molecule has 0 saturated heterocycles. The summed E-state index contributed by atoms with van der Waals surface area (Å²) in [6.45, 7) is 2.83. The Morgan fingerprint density at radius 1 is 0.968 bits per heavy atom. The minimum absolute atomic E-state index is 0.327. The lowest BCUT2D eigenvalue weighted by Gasteiger charge is -2.30. The molecule has 0 aromatic heterocycles. The molecule has 1 aliphatic heterocycles. The van der Waals surface area contributed by atoms with Crippen LogP contribution in [0.25, 0.3) is 0 Å². The smallest absolute Gasteiger partial charge is 0.336 e. The van der Waals surface area contributed by atoms with Crippen molar-refractivity contribution in [2.24, 2.45) is 0 Å². The summed E-state index contributed by atoms with van der Waals surface area (Å²) in [4.78, 5) is 27.2. The third-order valence-corrected chi connectivity index (χ3v) is 5.11. The Labute approximate surface area is 186 Å². The molecule has 0 spiro atoms. The SMILES string of the molecule is CCOc1cccc(C2C(C(=O)OC)=CN(Cc3ccc(Cl)cc3)C=C2C(=O)OC)c1. The summed E-state index contributed by atoms with van der Waals surface area (Å²) in [6, 6.07) is 14.7. The molecule has 0 fully saturated rings. The van der Waals surface area contributed by atoms with Gasteiger partial charge in [-0.05, 0) is 42.3 Å². The van der Waals surface area contributed by atoms with Gasteiger partial charge >= 0.3 is 11.9 Å². The molecule has 0 unspecified atom stereocenters. The highest BCUT2D eigenvalue weighted by Crippen LogP contribution is 2.38. The molecule has 7 heteroatoms. The van der Waals surface area contributed by atoms with Crippen molar-refractivity contribution in [2.75, 3.05) is 20.8 Å². The van der Waals surface area contributed by atoms with Crippen LogP contribution in [0.1, 0.15) is 24.0 Å². The molecule has 31 heavy (non-hydrogen) atoms. The molecule has 6 nitrogen and oxygen atoms in total. The van der Waals surface area contributed by atoms with Gasteiger partial charge in [0.1, 0.15) is 5.75 Å². The van der Waals surface area contributed by atoms with Crippen LogP contribution in [-0.4, -0.2) is 37.7 Å². The summed E-state index contributed by atoms with van der Waals surface area (Å²) < 4.78 is 15.7. The standard InChI is InChI=1S/C24H24ClNO5/c1-4-31-19-7-5-6-17(12-19)22-20(23(27)29-2)14-26(15-21(22)24(28)30-3)13-16-8-10-18(25)11-9-16/h5-12,14-15,22H,4,13H2,1-3H3. The highest BCUT2D eigenvalue weighted by atomic mass is 35.5. The van der Waals surface area contributed by atoms with Gasteiger partial charge in [-0.15, -0.1) is 0 Å². The van der Waals surface area contributed by atoms with Crippen LogP contribution in [-0.2, 0) is 25.6 Å². The van der Waals surface area contributed by atoms with E-state index in [0.717, 1.165) is 11.1 Å². The van der Waals surface area contributed by atoms with E-state index in [1.165, 1.54) is 14.2 Å². The largest absolute Gasteiger partial charge is 0.494 e. The van der Waals surface area contributed by atoms with Crippen molar-refractivity contribution in [3.05, 3.63) is 88.2 Å². The molecule has 3 rings (SSSR count). The maximum Gasteiger partial charge on any atom is 0.336 e. The Morgan fingerprint density at radius 3 is 2.13 bits per heavy atom. The average molecular weight is 442 g/mol. The monoisotopic (exact) mass is 441 g/mol. The molecular formula is C24H24ClNO5. The van der Waals surface area contributed by atoms with Crippen LogP contribution in [0.3, 0.4) is 0 Å². The number of hydrogen-bond acceptors (Lipinski definition) is 6. The number of ether oxygens (including phenoxy) is 3. The Hall–Kier alpha value is -3.25. The third-order valence-electron chi connectivity index (χ3n) is 4.85. The third kappa shape index (κ3) is 5.27. The molecular weight excluding hydrogens is 418 g/mol. The van der Waals surface area contributed by atoms with Crippen LogP contribution in [0.5, 0.6) is 5.75 Å². The fourth-order valence-electron chi connectivity index (χ4n) is 3.49. The summed E-state index contributed by atoms with van der Waals surface area (Å²) in [6.07, 6.45) is 3.40. The van der Waals surface area contributed by atoms with Crippen molar-refractivity contribution in [1.82, 2.24) is 4.90 Å². The second-order valence-corrected chi connectivity index (χ2v) is 7.33. The number of methoxy groups -OCH3 is 2. The Kier molecular flexibility index (Phi) is 7.36. The maximum atomic E-state index is 12.7. The van der Waals surface area contributed by atoms with Crippen molar-refractivity contribution in [3.8, 4) is 5.75 Å². The Bertz CT molecular complexity index is 979. The van der Waals surface area contributed by atoms with Gasteiger partial charge in [0.25, 0.3) is 0 Å². The summed E-state index contributed by atoms with van der Waals surface area (Å²) >= 11 is 5.97. The minimum atomic E-state index is -0.651. The molecule has 0 N–H and O–H groups in total. The molecule has 0 atom stereocenters. The van der Waals surface area contributed by atoms with E-state index in [1.54, 1.807) is 29.4 Å². The van der Waals surface area contributed by atoms with Crippen molar-refractivity contribution in [2.45, 2.75) is 19.4 Å². The normalized spacial score (nSPS) is 13.9. The van der Waals surface area contributed by atoms with Crippen molar-refractivity contribution in [3.63, 3.8) is 0 Å². The van der Waals surface area contributed by atoms with Gasteiger partial charge in [0.05, 0.1) is 37.9 Å². The lowest BCUT2D eigenvalue weighted by atomic mass is 9.83. The number of nitrogens with zero attached hydrogens (tertiary/aromatic N) is 1. The van der Waals surface area contributed by atoms with E-state index in [9.17, 15) is 9.59 Å². The Balaban J connectivity index is 2.06. The second-order valence-electron chi connectivity index (χ2n) is 6.89. The van der Waals surface area contributed by atoms with E-state index in [1.807, 2.05) is 43.3 Å². The lowest BCUT2D eigenvalue weighted by molar-refractivity contribution is -0.137. The first-order valence-corrected chi connectivity index (χ1v) is 10.2. The zero-order valence-electron chi connectivity index (χ0n) is 17.6. The summed E-state index contributed by atoms with van der Waals surface area (Å²) in [5.41, 5.74) is 2.34. The van der Waals surface area contributed by atoms with E-state index < -0.39 is 17.9 Å². The first-order valence-electron chi connectivity index (χ1n) is 9.79. The molecule has 0 amide bonds.